The predicted octanol–water partition coefficient (Wildman–Crippen LogP) is 2.92. The molecule has 0 aromatic heterocycles. The summed E-state index contributed by atoms with van der Waals surface area (Å²) in [7, 11) is 0. The smallest absolute Gasteiger partial charge is 0.137 e. The van der Waals surface area contributed by atoms with Crippen molar-refractivity contribution in [3.05, 3.63) is 70.9 Å². The van der Waals surface area contributed by atoms with Gasteiger partial charge in [0, 0.05) is 10.6 Å². The molecule has 0 aliphatic carbocycles. The maximum atomic E-state index is 14.1. The van der Waals surface area contributed by atoms with E-state index >= 15 is 0 Å². The highest BCUT2D eigenvalue weighted by Crippen LogP contribution is 2.10. The number of benzene rings is 1. The van der Waals surface area contributed by atoms with Crippen molar-refractivity contribution in [1.29, 1.82) is 0 Å². The number of hydrogen-bond acceptors (Lipinski definition) is 0. The number of halogens is 1. The first-order chi connectivity index (χ1) is 8.18. The van der Waals surface area contributed by atoms with Gasteiger partial charge in [-0.1, -0.05) is 61.7 Å². The van der Waals surface area contributed by atoms with Crippen LogP contribution in [0.15, 0.2) is 54.6 Å². The highest BCUT2D eigenvalue weighted by Gasteiger charge is 1.95. The van der Waals surface area contributed by atoms with Crippen molar-refractivity contribution >= 4 is 23.9 Å². The van der Waals surface area contributed by atoms with Crippen LogP contribution in [0.4, 0.5) is 4.39 Å². The normalized spacial score (nSPS) is 9.94. The zero-order chi connectivity index (χ0) is 12.3. The van der Waals surface area contributed by atoms with Crippen LogP contribution in [0.25, 0.3) is 23.9 Å². The van der Waals surface area contributed by atoms with E-state index in [0.29, 0.717) is 10.6 Å². The van der Waals surface area contributed by atoms with Gasteiger partial charge in [-0.2, -0.15) is 0 Å². The first-order valence-corrected chi connectivity index (χ1v) is 5.38. The van der Waals surface area contributed by atoms with Crippen molar-refractivity contribution in [2.75, 3.05) is 0 Å². The molecular weight excluding hydrogens is 211 g/mol. The number of fused-ring (bicyclic) bond motifs is 1. The van der Waals surface area contributed by atoms with Gasteiger partial charge in [0.2, 0.25) is 0 Å². The van der Waals surface area contributed by atoms with Gasteiger partial charge in [-0.25, -0.2) is 4.39 Å². The topological polar surface area (TPSA) is 0 Å². The third kappa shape index (κ3) is 2.51. The molecule has 0 bridgehead atoms. The summed E-state index contributed by atoms with van der Waals surface area (Å²) in [6, 6.07) is 16.3. The van der Waals surface area contributed by atoms with Crippen LogP contribution in [0, 0.1) is 5.82 Å². The summed E-state index contributed by atoms with van der Waals surface area (Å²) >= 11 is 0. The van der Waals surface area contributed by atoms with E-state index in [1.807, 2.05) is 36.4 Å². The van der Waals surface area contributed by atoms with Gasteiger partial charge in [-0.3, -0.25) is 0 Å². The van der Waals surface area contributed by atoms with Crippen LogP contribution in [0.5, 0.6) is 0 Å². The van der Waals surface area contributed by atoms with Crippen molar-refractivity contribution in [2.45, 2.75) is 0 Å². The third-order valence-corrected chi connectivity index (χ3v) is 2.54. The van der Waals surface area contributed by atoms with Gasteiger partial charge in [-0.05, 0) is 16.7 Å². The van der Waals surface area contributed by atoms with E-state index in [2.05, 4.69) is 13.2 Å². The summed E-state index contributed by atoms with van der Waals surface area (Å²) in [4.78, 5) is 0. The second-order valence-electron chi connectivity index (χ2n) is 3.86. The van der Waals surface area contributed by atoms with Crippen LogP contribution < -0.4 is 10.4 Å². The molecule has 0 amide bonds. The summed E-state index contributed by atoms with van der Waals surface area (Å²) in [6.07, 6.45) is 0. The standard InChI is InChI=1S/C16H13F/c1-12-7-3-4-8-13(2)16(17)15-10-6-5-9-14(15)11-12/h3-11H,1-2H2. The molecule has 2 rings (SSSR count). The zero-order valence-corrected chi connectivity index (χ0v) is 9.49. The predicted molar refractivity (Wildman–Crippen MR) is 71.8 cm³/mol. The van der Waals surface area contributed by atoms with Crippen molar-refractivity contribution in [1.82, 2.24) is 0 Å². The molecule has 0 unspecified atom stereocenters. The first kappa shape index (κ1) is 11.3. The Morgan fingerprint density at radius 1 is 0.824 bits per heavy atom. The van der Waals surface area contributed by atoms with Crippen LogP contribution in [-0.4, -0.2) is 0 Å². The van der Waals surface area contributed by atoms with Gasteiger partial charge in [0.1, 0.15) is 5.82 Å². The van der Waals surface area contributed by atoms with Gasteiger partial charge in [0.25, 0.3) is 0 Å². The summed E-state index contributed by atoms with van der Waals surface area (Å²) in [5, 5.41) is 2.58. The van der Waals surface area contributed by atoms with Gasteiger partial charge < -0.3 is 0 Å². The minimum Gasteiger partial charge on any atom is -0.206 e. The van der Waals surface area contributed by atoms with Crippen LogP contribution >= 0.6 is 0 Å². The lowest BCUT2D eigenvalue weighted by Gasteiger charge is -1.95. The number of rotatable bonds is 0. The SMILES string of the molecule is C=c1ccccc(=C)c(F)c2ccccc2c1. The van der Waals surface area contributed by atoms with Crippen molar-refractivity contribution in [2.24, 2.45) is 0 Å². The Kier molecular flexibility index (Phi) is 3.20. The quantitative estimate of drug-likeness (QED) is 0.645. The molecule has 0 N–H and O–H groups in total. The van der Waals surface area contributed by atoms with E-state index in [0.717, 1.165) is 10.6 Å². The molecule has 0 spiro atoms. The molecule has 0 aliphatic rings. The van der Waals surface area contributed by atoms with Crippen molar-refractivity contribution < 1.29 is 4.39 Å². The van der Waals surface area contributed by atoms with Crippen molar-refractivity contribution in [3.63, 3.8) is 0 Å². The fourth-order valence-electron chi connectivity index (χ4n) is 1.67. The molecule has 17 heavy (non-hydrogen) atoms. The van der Waals surface area contributed by atoms with Gasteiger partial charge >= 0.3 is 0 Å². The Labute approximate surface area is 99.7 Å². The molecule has 0 nitrogen and oxygen atoms in total. The summed E-state index contributed by atoms with van der Waals surface area (Å²) in [5.74, 6) is -0.295. The van der Waals surface area contributed by atoms with E-state index in [1.54, 1.807) is 18.2 Å². The Hall–Kier alpha value is -2.15. The largest absolute Gasteiger partial charge is 0.206 e. The monoisotopic (exact) mass is 224 g/mol. The minimum absolute atomic E-state index is 0.295. The van der Waals surface area contributed by atoms with Gasteiger partial charge in [0.15, 0.2) is 0 Å². The molecule has 0 aliphatic heterocycles. The average Bonchev–Trinajstić information content (AvgIpc) is 2.33. The Balaban J connectivity index is 3.08. The van der Waals surface area contributed by atoms with E-state index in [-0.39, 0.29) is 5.82 Å². The molecule has 0 saturated heterocycles. The molecule has 2 aromatic rings. The van der Waals surface area contributed by atoms with Gasteiger partial charge in [0.05, 0.1) is 0 Å². The highest BCUT2D eigenvalue weighted by molar-refractivity contribution is 5.81. The lowest BCUT2D eigenvalue weighted by Crippen LogP contribution is -2.01. The lowest BCUT2D eigenvalue weighted by molar-refractivity contribution is 0.632. The average molecular weight is 224 g/mol. The van der Waals surface area contributed by atoms with E-state index in [4.69, 9.17) is 0 Å². The van der Waals surface area contributed by atoms with E-state index in [1.165, 1.54) is 0 Å². The summed E-state index contributed by atoms with van der Waals surface area (Å²) in [5.41, 5.74) is 0. The maximum Gasteiger partial charge on any atom is 0.137 e. The minimum atomic E-state index is -0.295. The Bertz CT molecular complexity index is 700. The van der Waals surface area contributed by atoms with Gasteiger partial charge in [-0.15, -0.1) is 0 Å². The first-order valence-electron chi connectivity index (χ1n) is 5.38. The molecule has 0 atom stereocenters. The molecule has 84 valence electrons. The molecule has 0 radical (unpaired) electrons. The molecule has 0 heterocycles. The highest BCUT2D eigenvalue weighted by atomic mass is 19.1. The fourth-order valence-corrected chi connectivity index (χ4v) is 1.67. The molecule has 2 aromatic carbocycles. The van der Waals surface area contributed by atoms with Crippen LogP contribution in [0.2, 0.25) is 0 Å². The fraction of sp³-hybridized carbons (Fsp3) is 0. The lowest BCUT2D eigenvalue weighted by atomic mass is 10.1. The molecular formula is C16H13F. The van der Waals surface area contributed by atoms with Crippen molar-refractivity contribution in [3.8, 4) is 0 Å². The molecule has 1 heteroatoms. The molecule has 0 saturated carbocycles. The second kappa shape index (κ2) is 4.79. The third-order valence-electron chi connectivity index (χ3n) is 2.54. The van der Waals surface area contributed by atoms with Crippen LogP contribution in [0.3, 0.4) is 0 Å². The zero-order valence-electron chi connectivity index (χ0n) is 9.49. The maximum absolute atomic E-state index is 14.1. The summed E-state index contributed by atoms with van der Waals surface area (Å²) in [6.45, 7) is 7.62. The van der Waals surface area contributed by atoms with E-state index in [9.17, 15) is 4.39 Å². The summed E-state index contributed by atoms with van der Waals surface area (Å²) < 4.78 is 14.1. The number of hydrogen-bond donors (Lipinski definition) is 0. The van der Waals surface area contributed by atoms with Crippen LogP contribution in [-0.2, 0) is 0 Å². The second-order valence-corrected chi connectivity index (χ2v) is 3.86. The Morgan fingerprint density at radius 3 is 2.29 bits per heavy atom. The van der Waals surface area contributed by atoms with Crippen LogP contribution in [0.1, 0.15) is 0 Å². The molecule has 0 fully saturated rings. The Morgan fingerprint density at radius 2 is 1.47 bits per heavy atom. The van der Waals surface area contributed by atoms with E-state index < -0.39 is 0 Å².